The van der Waals surface area contributed by atoms with Crippen LogP contribution in [0.15, 0.2) is 4.99 Å². The van der Waals surface area contributed by atoms with E-state index in [4.69, 9.17) is 5.73 Å². The zero-order valence-corrected chi connectivity index (χ0v) is 10.1. The Kier molecular flexibility index (Phi) is 2.58. The Morgan fingerprint density at radius 1 is 1.44 bits per heavy atom. The third-order valence-corrected chi connectivity index (χ3v) is 4.86. The molecule has 2 aliphatic heterocycles. The fourth-order valence-electron chi connectivity index (χ4n) is 2.59. The minimum Gasteiger partial charge on any atom is -0.385 e. The van der Waals surface area contributed by atoms with Gasteiger partial charge in [-0.2, -0.15) is 16.8 Å². The van der Waals surface area contributed by atoms with Crippen LogP contribution in [0.2, 0.25) is 0 Å². The molecule has 0 aromatic carbocycles. The van der Waals surface area contributed by atoms with Crippen molar-refractivity contribution in [2.24, 2.45) is 22.6 Å². The Bertz CT molecular complexity index is 334. The van der Waals surface area contributed by atoms with Gasteiger partial charge >= 0.3 is 6.03 Å². The lowest BCUT2D eigenvalue weighted by atomic mass is 9.97. The van der Waals surface area contributed by atoms with E-state index in [2.05, 4.69) is 4.99 Å². The molecule has 2 N–H and O–H groups in total. The maximum Gasteiger partial charge on any atom is 0.345 e. The zero-order chi connectivity index (χ0) is 11.1. The van der Waals surface area contributed by atoms with Crippen molar-refractivity contribution in [3.63, 3.8) is 0 Å². The van der Waals surface area contributed by atoms with Crippen LogP contribution in [0.4, 0.5) is 4.79 Å². The summed E-state index contributed by atoms with van der Waals surface area (Å²) in [7, 11) is 0. The first-order valence-corrected chi connectivity index (χ1v) is 7.13. The van der Waals surface area contributed by atoms with E-state index >= 15 is 0 Å². The van der Waals surface area contributed by atoms with Crippen LogP contribution in [-0.4, -0.2) is 40.9 Å². The number of hydrogen-bond acceptors (Lipinski definition) is 3. The number of urea groups is 1. The largest absolute Gasteiger partial charge is 0.385 e. The number of carbonyl (C=O) groups is 1. The molecule has 3 aliphatic rings. The molecule has 0 radical (unpaired) electrons. The average Bonchev–Trinajstić information content (AvgIpc) is 2.81. The predicted molar refractivity (Wildman–Crippen MR) is 65.7 cm³/mol. The SMILES string of the molecule is NC1=NC(=O)N(CC2CC2)C1C1CCSC1. The highest BCUT2D eigenvalue weighted by Gasteiger charge is 2.42. The van der Waals surface area contributed by atoms with Crippen LogP contribution in [0.1, 0.15) is 19.3 Å². The summed E-state index contributed by atoms with van der Waals surface area (Å²) in [6.45, 7) is 0.870. The summed E-state index contributed by atoms with van der Waals surface area (Å²) >= 11 is 1.96. The zero-order valence-electron chi connectivity index (χ0n) is 9.26. The van der Waals surface area contributed by atoms with Gasteiger partial charge in [0.05, 0.1) is 6.04 Å². The Morgan fingerprint density at radius 2 is 2.25 bits per heavy atom. The average molecular weight is 239 g/mol. The third-order valence-electron chi connectivity index (χ3n) is 3.67. The fraction of sp³-hybridized carbons (Fsp3) is 0.818. The van der Waals surface area contributed by atoms with Gasteiger partial charge in [0.2, 0.25) is 0 Å². The van der Waals surface area contributed by atoms with E-state index in [1.807, 2.05) is 16.7 Å². The molecule has 88 valence electrons. The maximum absolute atomic E-state index is 11.8. The number of carbonyl (C=O) groups excluding carboxylic acids is 1. The highest BCUT2D eigenvalue weighted by Crippen LogP contribution is 2.35. The lowest BCUT2D eigenvalue weighted by Gasteiger charge is -2.28. The number of aliphatic imine (C=N–C) groups is 1. The first-order chi connectivity index (χ1) is 7.75. The smallest absolute Gasteiger partial charge is 0.345 e. The molecular weight excluding hydrogens is 222 g/mol. The molecule has 3 rings (SSSR count). The van der Waals surface area contributed by atoms with Crippen LogP contribution in [0, 0.1) is 11.8 Å². The Hall–Kier alpha value is -0.710. The molecule has 4 nitrogen and oxygen atoms in total. The number of amidine groups is 1. The van der Waals surface area contributed by atoms with E-state index in [1.54, 1.807) is 0 Å². The van der Waals surface area contributed by atoms with Crippen molar-refractivity contribution in [2.75, 3.05) is 18.1 Å². The lowest BCUT2D eigenvalue weighted by Crippen LogP contribution is -2.46. The van der Waals surface area contributed by atoms with Crippen LogP contribution < -0.4 is 5.73 Å². The van der Waals surface area contributed by atoms with Gasteiger partial charge in [0.25, 0.3) is 0 Å². The summed E-state index contributed by atoms with van der Waals surface area (Å²) in [5.74, 6) is 4.11. The highest BCUT2D eigenvalue weighted by molar-refractivity contribution is 7.99. The quantitative estimate of drug-likeness (QED) is 0.808. The van der Waals surface area contributed by atoms with Gasteiger partial charge in [0, 0.05) is 6.54 Å². The van der Waals surface area contributed by atoms with E-state index < -0.39 is 0 Å². The molecule has 2 amide bonds. The van der Waals surface area contributed by atoms with Gasteiger partial charge < -0.3 is 10.6 Å². The molecule has 1 saturated carbocycles. The number of nitrogens with two attached hydrogens (primary N) is 1. The van der Waals surface area contributed by atoms with Gasteiger partial charge in [-0.05, 0) is 42.6 Å². The van der Waals surface area contributed by atoms with Gasteiger partial charge in [-0.15, -0.1) is 0 Å². The standard InChI is InChI=1S/C11H17N3OS/c12-10-9(8-3-4-16-6-8)14(11(15)13-10)5-7-1-2-7/h7-9H,1-6H2,(H2,12,13,15). The van der Waals surface area contributed by atoms with Crippen molar-refractivity contribution in [1.29, 1.82) is 0 Å². The molecular formula is C11H17N3OS. The molecule has 2 unspecified atom stereocenters. The van der Waals surface area contributed by atoms with Gasteiger partial charge in [0.1, 0.15) is 5.84 Å². The number of thioether (sulfide) groups is 1. The Balaban J connectivity index is 1.75. The van der Waals surface area contributed by atoms with E-state index in [1.165, 1.54) is 25.0 Å². The Labute approximate surface area is 99.7 Å². The summed E-state index contributed by atoms with van der Waals surface area (Å²) in [6, 6.07) is -0.00519. The summed E-state index contributed by atoms with van der Waals surface area (Å²) < 4.78 is 0. The monoisotopic (exact) mass is 239 g/mol. The number of nitrogens with zero attached hydrogens (tertiary/aromatic N) is 2. The third kappa shape index (κ3) is 1.81. The molecule has 16 heavy (non-hydrogen) atoms. The second-order valence-electron chi connectivity index (χ2n) is 4.98. The molecule has 1 aliphatic carbocycles. The van der Waals surface area contributed by atoms with E-state index in [0.29, 0.717) is 17.7 Å². The summed E-state index contributed by atoms with van der Waals surface area (Å²) in [5.41, 5.74) is 5.91. The first kappa shape index (κ1) is 10.4. The van der Waals surface area contributed by atoms with Crippen molar-refractivity contribution in [2.45, 2.75) is 25.3 Å². The van der Waals surface area contributed by atoms with Crippen molar-refractivity contribution < 1.29 is 4.79 Å². The summed E-state index contributed by atoms with van der Waals surface area (Å²) in [4.78, 5) is 17.6. The fourth-order valence-corrected chi connectivity index (χ4v) is 3.88. The molecule has 5 heteroatoms. The van der Waals surface area contributed by atoms with Crippen LogP contribution in [-0.2, 0) is 0 Å². The molecule has 0 aromatic rings. The second-order valence-corrected chi connectivity index (χ2v) is 6.13. The molecule has 1 saturated heterocycles. The molecule has 2 atom stereocenters. The molecule has 2 fully saturated rings. The van der Waals surface area contributed by atoms with Crippen LogP contribution in [0.3, 0.4) is 0 Å². The highest BCUT2D eigenvalue weighted by atomic mass is 32.2. The van der Waals surface area contributed by atoms with E-state index in [9.17, 15) is 4.79 Å². The Morgan fingerprint density at radius 3 is 2.88 bits per heavy atom. The summed E-state index contributed by atoms with van der Waals surface area (Å²) in [6.07, 6.45) is 3.69. The molecule has 2 heterocycles. The summed E-state index contributed by atoms with van der Waals surface area (Å²) in [5, 5.41) is 0. The molecule has 0 spiro atoms. The minimum atomic E-state index is -0.105. The van der Waals surface area contributed by atoms with E-state index in [0.717, 1.165) is 12.3 Å². The topological polar surface area (TPSA) is 58.7 Å². The van der Waals surface area contributed by atoms with Gasteiger partial charge in [-0.3, -0.25) is 0 Å². The number of amides is 2. The number of rotatable bonds is 3. The van der Waals surface area contributed by atoms with Crippen molar-refractivity contribution in [3.8, 4) is 0 Å². The van der Waals surface area contributed by atoms with Crippen LogP contribution in [0.25, 0.3) is 0 Å². The van der Waals surface area contributed by atoms with Crippen molar-refractivity contribution in [3.05, 3.63) is 0 Å². The normalized spacial score (nSPS) is 34.6. The van der Waals surface area contributed by atoms with Crippen molar-refractivity contribution >= 4 is 23.6 Å². The van der Waals surface area contributed by atoms with Crippen LogP contribution in [0.5, 0.6) is 0 Å². The maximum atomic E-state index is 11.8. The lowest BCUT2D eigenvalue weighted by molar-refractivity contribution is 0.190. The molecule has 0 aromatic heterocycles. The van der Waals surface area contributed by atoms with Crippen LogP contribution >= 0.6 is 11.8 Å². The number of hydrogen-bond donors (Lipinski definition) is 1. The van der Waals surface area contributed by atoms with Crippen molar-refractivity contribution in [1.82, 2.24) is 4.90 Å². The van der Waals surface area contributed by atoms with Gasteiger partial charge in [-0.25, -0.2) is 4.79 Å². The predicted octanol–water partition coefficient (Wildman–Crippen LogP) is 1.31. The van der Waals surface area contributed by atoms with Gasteiger partial charge in [0.15, 0.2) is 0 Å². The molecule has 0 bridgehead atoms. The van der Waals surface area contributed by atoms with Gasteiger partial charge in [-0.1, -0.05) is 0 Å². The minimum absolute atomic E-state index is 0.100. The first-order valence-electron chi connectivity index (χ1n) is 5.98. The second kappa shape index (κ2) is 3.95. The van der Waals surface area contributed by atoms with E-state index in [-0.39, 0.29) is 12.1 Å².